The van der Waals surface area contributed by atoms with Gasteiger partial charge in [-0.15, -0.1) is 0 Å². The number of hydrogen-bond acceptors (Lipinski definition) is 3. The summed E-state index contributed by atoms with van der Waals surface area (Å²) in [4.78, 5) is 0. The van der Waals surface area contributed by atoms with Gasteiger partial charge in [-0.2, -0.15) is 0 Å². The van der Waals surface area contributed by atoms with Crippen LogP contribution in [0, 0.1) is 0 Å². The predicted molar refractivity (Wildman–Crippen MR) is 67.2 cm³/mol. The molecule has 0 aromatic heterocycles. The van der Waals surface area contributed by atoms with Crippen molar-refractivity contribution in [1.82, 2.24) is 0 Å². The lowest BCUT2D eigenvalue weighted by molar-refractivity contribution is 0.200. The van der Waals surface area contributed by atoms with Gasteiger partial charge in [0.15, 0.2) is 8.32 Å². The van der Waals surface area contributed by atoms with E-state index in [-0.39, 0.29) is 23.2 Å². The fraction of sp³-hybridized carbons (Fsp3) is 0.818. The normalized spacial score (nSPS) is 32.3. The van der Waals surface area contributed by atoms with Gasteiger partial charge in [-0.25, -0.2) is 0 Å². The first-order valence-corrected chi connectivity index (χ1v) is 8.43. The maximum atomic E-state index is 6.19. The lowest BCUT2D eigenvalue weighted by Crippen LogP contribution is -2.51. The topological polar surface area (TPSA) is 61.3 Å². The zero-order valence-corrected chi connectivity index (χ0v) is 11.4. The van der Waals surface area contributed by atoms with Gasteiger partial charge in [-0.1, -0.05) is 32.9 Å². The molecular weight excluding hydrogens is 204 g/mol. The molecule has 0 heterocycles. The molecule has 0 saturated heterocycles. The second-order valence-corrected chi connectivity index (χ2v) is 10.6. The Hall–Kier alpha value is -0.163. The molecule has 0 aromatic rings. The number of nitrogens with two attached hydrogens (primary N) is 2. The SMILES string of the molecule is CC(C)(C)[Si](C)(C)O[C@@H]1C=C[C@@H](N)[C@@H]1N. The van der Waals surface area contributed by atoms with Crippen molar-refractivity contribution in [2.75, 3.05) is 0 Å². The summed E-state index contributed by atoms with van der Waals surface area (Å²) in [6, 6.07) is -0.140. The molecule has 0 radical (unpaired) electrons. The molecule has 3 nitrogen and oxygen atoms in total. The molecule has 0 saturated carbocycles. The summed E-state index contributed by atoms with van der Waals surface area (Å²) in [5.41, 5.74) is 11.8. The first kappa shape index (κ1) is 12.9. The van der Waals surface area contributed by atoms with E-state index in [9.17, 15) is 0 Å². The third-order valence-electron chi connectivity index (χ3n) is 3.58. The van der Waals surface area contributed by atoms with E-state index in [1.807, 2.05) is 12.2 Å². The molecule has 1 rings (SSSR count). The van der Waals surface area contributed by atoms with E-state index in [4.69, 9.17) is 15.9 Å². The third-order valence-corrected chi connectivity index (χ3v) is 8.06. The Morgan fingerprint density at radius 1 is 1.13 bits per heavy atom. The van der Waals surface area contributed by atoms with Crippen molar-refractivity contribution in [2.45, 2.75) is 57.1 Å². The highest BCUT2D eigenvalue weighted by atomic mass is 28.4. The van der Waals surface area contributed by atoms with E-state index >= 15 is 0 Å². The molecule has 0 unspecified atom stereocenters. The second kappa shape index (κ2) is 4.01. The van der Waals surface area contributed by atoms with Crippen LogP contribution in [0.5, 0.6) is 0 Å². The Bertz CT molecular complexity index is 258. The summed E-state index contributed by atoms with van der Waals surface area (Å²) in [6.45, 7) is 11.1. The maximum Gasteiger partial charge on any atom is 0.192 e. The highest BCUT2D eigenvalue weighted by Gasteiger charge is 2.41. The van der Waals surface area contributed by atoms with Gasteiger partial charge in [-0.3, -0.25) is 0 Å². The molecule has 0 aliphatic heterocycles. The van der Waals surface area contributed by atoms with E-state index in [0.717, 1.165) is 0 Å². The standard InChI is InChI=1S/C11H24N2OSi/c1-11(2,3)15(4,5)14-9-7-6-8(12)10(9)13/h6-10H,12-13H2,1-5H3/t8-,9-,10+/m1/s1. The van der Waals surface area contributed by atoms with Crippen LogP contribution in [0.3, 0.4) is 0 Å². The Labute approximate surface area is 94.0 Å². The predicted octanol–water partition coefficient (Wildman–Crippen LogP) is 1.60. The van der Waals surface area contributed by atoms with E-state index in [1.54, 1.807) is 0 Å². The Morgan fingerprint density at radius 3 is 2.00 bits per heavy atom. The van der Waals surface area contributed by atoms with Gasteiger partial charge in [0.2, 0.25) is 0 Å². The Balaban J connectivity index is 2.67. The van der Waals surface area contributed by atoms with Crippen molar-refractivity contribution >= 4 is 8.32 Å². The van der Waals surface area contributed by atoms with Crippen LogP contribution in [-0.2, 0) is 4.43 Å². The molecule has 0 spiro atoms. The van der Waals surface area contributed by atoms with E-state index in [0.29, 0.717) is 0 Å². The molecule has 88 valence electrons. The summed E-state index contributed by atoms with van der Waals surface area (Å²) >= 11 is 0. The summed E-state index contributed by atoms with van der Waals surface area (Å²) in [6.07, 6.45) is 3.96. The van der Waals surface area contributed by atoms with Gasteiger partial charge in [0, 0.05) is 6.04 Å². The minimum atomic E-state index is -1.73. The van der Waals surface area contributed by atoms with Crippen molar-refractivity contribution in [1.29, 1.82) is 0 Å². The average Bonchev–Trinajstić information content (AvgIpc) is 2.33. The average molecular weight is 228 g/mol. The summed E-state index contributed by atoms with van der Waals surface area (Å²) in [5.74, 6) is 0. The number of hydrogen-bond donors (Lipinski definition) is 2. The van der Waals surface area contributed by atoms with Crippen LogP contribution in [0.2, 0.25) is 18.1 Å². The van der Waals surface area contributed by atoms with Gasteiger partial charge in [0.1, 0.15) is 0 Å². The monoisotopic (exact) mass is 228 g/mol. The van der Waals surface area contributed by atoms with Crippen molar-refractivity contribution < 1.29 is 4.43 Å². The minimum absolute atomic E-state index is 0.000826. The summed E-state index contributed by atoms with van der Waals surface area (Å²) in [7, 11) is -1.73. The summed E-state index contributed by atoms with van der Waals surface area (Å²) < 4.78 is 6.19. The molecule has 0 amide bonds. The highest BCUT2D eigenvalue weighted by molar-refractivity contribution is 6.74. The van der Waals surface area contributed by atoms with Crippen LogP contribution < -0.4 is 11.5 Å². The lowest BCUT2D eigenvalue weighted by Gasteiger charge is -2.39. The third kappa shape index (κ3) is 2.69. The van der Waals surface area contributed by atoms with Crippen molar-refractivity contribution in [3.63, 3.8) is 0 Å². The van der Waals surface area contributed by atoms with Crippen LogP contribution >= 0.6 is 0 Å². The quantitative estimate of drug-likeness (QED) is 0.557. The van der Waals surface area contributed by atoms with Crippen LogP contribution in [0.15, 0.2) is 12.2 Å². The van der Waals surface area contributed by atoms with Gasteiger partial charge < -0.3 is 15.9 Å². The zero-order valence-electron chi connectivity index (χ0n) is 10.4. The Kier molecular flexibility index (Phi) is 3.45. The first-order chi connectivity index (χ1) is 6.65. The largest absolute Gasteiger partial charge is 0.409 e. The molecular formula is C11H24N2OSi. The fourth-order valence-corrected chi connectivity index (χ4v) is 2.62. The Morgan fingerprint density at radius 2 is 1.67 bits per heavy atom. The van der Waals surface area contributed by atoms with Crippen LogP contribution in [0.25, 0.3) is 0 Å². The molecule has 3 atom stereocenters. The number of rotatable bonds is 2. The molecule has 0 fully saturated rings. The minimum Gasteiger partial charge on any atom is -0.409 e. The van der Waals surface area contributed by atoms with Crippen molar-refractivity contribution in [2.24, 2.45) is 11.5 Å². The second-order valence-electron chi connectivity index (χ2n) is 5.88. The highest BCUT2D eigenvalue weighted by Crippen LogP contribution is 2.38. The van der Waals surface area contributed by atoms with Gasteiger partial charge in [0.25, 0.3) is 0 Å². The van der Waals surface area contributed by atoms with Crippen molar-refractivity contribution in [3.05, 3.63) is 12.2 Å². The first-order valence-electron chi connectivity index (χ1n) is 5.52. The van der Waals surface area contributed by atoms with Crippen LogP contribution in [0.4, 0.5) is 0 Å². The molecule has 4 N–H and O–H groups in total. The zero-order chi connectivity index (χ0) is 11.9. The molecule has 15 heavy (non-hydrogen) atoms. The van der Waals surface area contributed by atoms with E-state index in [1.165, 1.54) is 0 Å². The van der Waals surface area contributed by atoms with Crippen molar-refractivity contribution in [3.8, 4) is 0 Å². The fourth-order valence-electron chi connectivity index (χ4n) is 1.35. The van der Waals surface area contributed by atoms with Crippen LogP contribution in [0.1, 0.15) is 20.8 Å². The van der Waals surface area contributed by atoms with E-state index in [2.05, 4.69) is 33.9 Å². The van der Waals surface area contributed by atoms with Gasteiger partial charge >= 0.3 is 0 Å². The molecule has 0 bridgehead atoms. The molecule has 1 aliphatic rings. The van der Waals surface area contributed by atoms with Gasteiger partial charge in [-0.05, 0) is 18.1 Å². The van der Waals surface area contributed by atoms with E-state index < -0.39 is 8.32 Å². The van der Waals surface area contributed by atoms with Crippen LogP contribution in [-0.4, -0.2) is 26.5 Å². The molecule has 4 heteroatoms. The molecule has 0 aromatic carbocycles. The molecule has 1 aliphatic carbocycles. The lowest BCUT2D eigenvalue weighted by atomic mass is 10.2. The van der Waals surface area contributed by atoms with Gasteiger partial charge in [0.05, 0.1) is 12.1 Å². The summed E-state index contributed by atoms with van der Waals surface area (Å²) in [5, 5.41) is 0.216. The smallest absolute Gasteiger partial charge is 0.192 e. The maximum absolute atomic E-state index is 6.19.